The molecule has 1 atom stereocenters. The van der Waals surface area contributed by atoms with Crippen LogP contribution >= 0.6 is 11.3 Å². The van der Waals surface area contributed by atoms with E-state index in [1.165, 1.54) is 0 Å². The van der Waals surface area contributed by atoms with E-state index >= 15 is 0 Å². The highest BCUT2D eigenvalue weighted by Gasteiger charge is 2.28. The third-order valence-corrected chi connectivity index (χ3v) is 5.32. The molecule has 1 aromatic carbocycles. The lowest BCUT2D eigenvalue weighted by Gasteiger charge is -2.33. The Labute approximate surface area is 147 Å². The Morgan fingerprint density at radius 2 is 2.08 bits per heavy atom. The van der Waals surface area contributed by atoms with Crippen molar-refractivity contribution in [2.45, 2.75) is 12.5 Å². The van der Waals surface area contributed by atoms with Crippen LogP contribution in [0.5, 0.6) is 0 Å². The molecule has 3 N–H and O–H groups in total. The van der Waals surface area contributed by atoms with Crippen molar-refractivity contribution in [3.63, 3.8) is 0 Å². The molecule has 1 saturated heterocycles. The van der Waals surface area contributed by atoms with Crippen LogP contribution in [0, 0.1) is 0 Å². The lowest BCUT2D eigenvalue weighted by atomic mass is 10.1. The molecule has 3 heterocycles. The van der Waals surface area contributed by atoms with Gasteiger partial charge in [0.1, 0.15) is 15.5 Å². The van der Waals surface area contributed by atoms with Crippen LogP contribution in [0.25, 0.3) is 10.2 Å². The summed E-state index contributed by atoms with van der Waals surface area (Å²) in [5.41, 5.74) is 0.582. The van der Waals surface area contributed by atoms with Crippen LogP contribution in [0.15, 0.2) is 36.4 Å². The average molecular weight is 356 g/mol. The minimum Gasteiger partial charge on any atom is -0.477 e. The van der Waals surface area contributed by atoms with Crippen molar-refractivity contribution in [2.75, 3.05) is 18.0 Å². The van der Waals surface area contributed by atoms with Crippen molar-refractivity contribution in [1.29, 1.82) is 0 Å². The summed E-state index contributed by atoms with van der Waals surface area (Å²) >= 11 is 1.09. The number of nitrogens with one attached hydrogen (secondary N) is 2. The molecular weight excluding hydrogens is 340 g/mol. The summed E-state index contributed by atoms with van der Waals surface area (Å²) < 4.78 is 0. The summed E-state index contributed by atoms with van der Waals surface area (Å²) in [4.78, 5) is 26.7. The summed E-state index contributed by atoms with van der Waals surface area (Å²) in [6.45, 7) is 1.45. The van der Waals surface area contributed by atoms with Crippen molar-refractivity contribution < 1.29 is 14.7 Å². The molecule has 1 aliphatic rings. The van der Waals surface area contributed by atoms with Gasteiger partial charge in [0.25, 0.3) is 5.91 Å². The fraction of sp³-hybridized carbons (Fsp3) is 0.235. The van der Waals surface area contributed by atoms with E-state index in [0.29, 0.717) is 28.1 Å². The average Bonchev–Trinajstić information content (AvgIpc) is 3.15. The quantitative estimate of drug-likeness (QED) is 0.652. The lowest BCUT2D eigenvalue weighted by molar-refractivity contribution is 0.0702. The lowest BCUT2D eigenvalue weighted by Crippen LogP contribution is -2.51. The summed E-state index contributed by atoms with van der Waals surface area (Å²) in [7, 11) is 0. The number of rotatable bonds is 5. The van der Waals surface area contributed by atoms with Gasteiger partial charge in [-0.25, -0.2) is 4.79 Å². The second-order valence-electron chi connectivity index (χ2n) is 5.93. The first-order valence-corrected chi connectivity index (χ1v) is 8.76. The third-order valence-electron chi connectivity index (χ3n) is 4.31. The number of hydrogen-bond donors (Lipinski definition) is 3. The van der Waals surface area contributed by atoms with Crippen molar-refractivity contribution in [3.8, 4) is 0 Å². The standard InChI is InChI=1S/C17H16N4O3S/c22-16(10-4-2-1-3-5-10)21(9-11-6-7-18-11)14-12-8-13(17(23)24)25-15(12)20-19-14/h1-5,8,11,18H,6-7,9H2,(H,19,20)(H,23,24). The Morgan fingerprint density at radius 1 is 1.32 bits per heavy atom. The Hall–Kier alpha value is -2.71. The van der Waals surface area contributed by atoms with Gasteiger partial charge in [0.2, 0.25) is 0 Å². The Balaban J connectivity index is 1.74. The van der Waals surface area contributed by atoms with E-state index in [9.17, 15) is 14.7 Å². The summed E-state index contributed by atoms with van der Waals surface area (Å²) in [5.74, 6) is -0.584. The number of carboxylic acids is 1. The molecule has 1 fully saturated rings. The number of aromatic amines is 1. The van der Waals surface area contributed by atoms with Crippen LogP contribution < -0.4 is 10.2 Å². The van der Waals surface area contributed by atoms with E-state index in [2.05, 4.69) is 15.5 Å². The number of anilines is 1. The molecule has 0 spiro atoms. The SMILES string of the molecule is O=C(O)c1cc2c(N(CC3CCN3)C(=O)c3ccccc3)[nH]nc2s1. The van der Waals surface area contributed by atoms with Gasteiger partial charge in [0.05, 0.1) is 5.39 Å². The highest BCUT2D eigenvalue weighted by atomic mass is 32.1. The number of aromatic carboxylic acids is 1. The highest BCUT2D eigenvalue weighted by molar-refractivity contribution is 7.20. The maximum atomic E-state index is 13.0. The normalized spacial score (nSPS) is 16.6. The number of amides is 1. The van der Waals surface area contributed by atoms with E-state index in [1.807, 2.05) is 18.2 Å². The first kappa shape index (κ1) is 15.8. The van der Waals surface area contributed by atoms with Crippen molar-refractivity contribution in [1.82, 2.24) is 15.5 Å². The number of H-pyrrole nitrogens is 1. The topological polar surface area (TPSA) is 98.3 Å². The molecule has 4 rings (SSSR count). The molecule has 128 valence electrons. The molecule has 8 heteroatoms. The van der Waals surface area contributed by atoms with E-state index in [0.717, 1.165) is 24.3 Å². The zero-order chi connectivity index (χ0) is 17.4. The molecule has 0 aliphatic carbocycles. The number of aromatic nitrogens is 2. The number of hydrogen-bond acceptors (Lipinski definition) is 5. The summed E-state index contributed by atoms with van der Waals surface area (Å²) in [6, 6.07) is 10.8. The summed E-state index contributed by atoms with van der Waals surface area (Å²) in [6.07, 6.45) is 1.000. The number of nitrogens with zero attached hydrogens (tertiary/aromatic N) is 2. The smallest absolute Gasteiger partial charge is 0.345 e. The van der Waals surface area contributed by atoms with Crippen LogP contribution in [0.1, 0.15) is 26.5 Å². The van der Waals surface area contributed by atoms with Crippen molar-refractivity contribution in [2.24, 2.45) is 0 Å². The molecule has 7 nitrogen and oxygen atoms in total. The predicted molar refractivity (Wildman–Crippen MR) is 95.5 cm³/mol. The van der Waals surface area contributed by atoms with Gasteiger partial charge in [-0.05, 0) is 31.2 Å². The monoisotopic (exact) mass is 356 g/mol. The largest absolute Gasteiger partial charge is 0.477 e. The fourth-order valence-corrected chi connectivity index (χ4v) is 3.68. The van der Waals surface area contributed by atoms with Gasteiger partial charge in [0.15, 0.2) is 0 Å². The molecular formula is C17H16N4O3S. The van der Waals surface area contributed by atoms with E-state index in [1.54, 1.807) is 23.1 Å². The molecule has 25 heavy (non-hydrogen) atoms. The summed E-state index contributed by atoms with van der Waals surface area (Å²) in [5, 5.41) is 20.2. The van der Waals surface area contributed by atoms with Gasteiger partial charge in [-0.15, -0.1) is 11.3 Å². The van der Waals surface area contributed by atoms with Gasteiger partial charge in [-0.3, -0.25) is 14.8 Å². The van der Waals surface area contributed by atoms with Gasteiger partial charge < -0.3 is 10.4 Å². The van der Waals surface area contributed by atoms with Crippen molar-refractivity contribution in [3.05, 3.63) is 46.8 Å². The third kappa shape index (κ3) is 2.90. The number of carbonyl (C=O) groups excluding carboxylic acids is 1. The molecule has 0 radical (unpaired) electrons. The zero-order valence-corrected chi connectivity index (χ0v) is 14.0. The zero-order valence-electron chi connectivity index (χ0n) is 13.2. The second-order valence-corrected chi connectivity index (χ2v) is 6.96. The van der Waals surface area contributed by atoms with Gasteiger partial charge in [-0.2, -0.15) is 5.10 Å². The van der Waals surface area contributed by atoms with Crippen LogP contribution in [0.3, 0.4) is 0 Å². The molecule has 1 unspecified atom stereocenters. The second kappa shape index (κ2) is 6.30. The van der Waals surface area contributed by atoms with E-state index < -0.39 is 5.97 Å². The van der Waals surface area contributed by atoms with E-state index in [-0.39, 0.29) is 16.8 Å². The number of thiophene rings is 1. The fourth-order valence-electron chi connectivity index (χ4n) is 2.85. The van der Waals surface area contributed by atoms with Crippen LogP contribution in [0.4, 0.5) is 5.82 Å². The first-order valence-electron chi connectivity index (χ1n) is 7.95. The Morgan fingerprint density at radius 3 is 2.72 bits per heavy atom. The highest BCUT2D eigenvalue weighted by Crippen LogP contribution is 2.32. The molecule has 0 bridgehead atoms. The van der Waals surface area contributed by atoms with Gasteiger partial charge >= 0.3 is 5.97 Å². The Bertz CT molecular complexity index is 930. The number of carbonyl (C=O) groups is 2. The minimum atomic E-state index is -0.990. The maximum absolute atomic E-state index is 13.0. The van der Waals surface area contributed by atoms with Gasteiger partial charge in [-0.1, -0.05) is 18.2 Å². The minimum absolute atomic E-state index is 0.136. The Kier molecular flexibility index (Phi) is 3.98. The molecule has 2 aromatic heterocycles. The maximum Gasteiger partial charge on any atom is 0.345 e. The predicted octanol–water partition coefficient (Wildman–Crippen LogP) is 2.33. The molecule has 1 aliphatic heterocycles. The first-order chi connectivity index (χ1) is 12.1. The van der Waals surface area contributed by atoms with E-state index in [4.69, 9.17) is 0 Å². The van der Waals surface area contributed by atoms with Gasteiger partial charge in [0, 0.05) is 18.2 Å². The van der Waals surface area contributed by atoms with Crippen molar-refractivity contribution >= 4 is 39.2 Å². The molecule has 1 amide bonds. The molecule has 0 saturated carbocycles. The van der Waals surface area contributed by atoms with Crippen LogP contribution in [0.2, 0.25) is 0 Å². The molecule has 3 aromatic rings. The van der Waals surface area contributed by atoms with Crippen LogP contribution in [-0.2, 0) is 0 Å². The van der Waals surface area contributed by atoms with Crippen LogP contribution in [-0.4, -0.2) is 46.3 Å². The number of benzene rings is 1. The number of fused-ring (bicyclic) bond motifs is 1. The number of carboxylic acid groups (broad SMARTS) is 1.